The van der Waals surface area contributed by atoms with Crippen LogP contribution < -0.4 is 0 Å². The molecule has 0 bridgehead atoms. The summed E-state index contributed by atoms with van der Waals surface area (Å²) in [6.07, 6.45) is 0.806. The van der Waals surface area contributed by atoms with Crippen molar-refractivity contribution in [2.24, 2.45) is 0 Å². The van der Waals surface area contributed by atoms with E-state index in [4.69, 9.17) is 11.6 Å². The molecule has 0 amide bonds. The summed E-state index contributed by atoms with van der Waals surface area (Å²) in [5.41, 5.74) is 3.55. The van der Waals surface area contributed by atoms with E-state index in [2.05, 4.69) is 25.1 Å². The molecule has 0 aliphatic rings. The van der Waals surface area contributed by atoms with E-state index in [-0.39, 0.29) is 12.5 Å². The highest BCUT2D eigenvalue weighted by atomic mass is 35.5. The molecular formula is C16H17ClO. The SMILES string of the molecule is Cc1cccc(C(CO)Cc2cccc(Cl)c2)c1. The molecule has 1 N–H and O–H groups in total. The largest absolute Gasteiger partial charge is 0.396 e. The molecule has 0 fully saturated rings. The van der Waals surface area contributed by atoms with Crippen LogP contribution in [0, 0.1) is 6.92 Å². The van der Waals surface area contributed by atoms with Gasteiger partial charge in [0.25, 0.3) is 0 Å². The monoisotopic (exact) mass is 260 g/mol. The standard InChI is InChI=1S/C16H17ClO/c1-12-4-2-6-14(8-12)15(11-18)9-13-5-3-7-16(17)10-13/h2-8,10,15,18H,9,11H2,1H3. The number of aliphatic hydroxyl groups is 1. The average molecular weight is 261 g/mol. The molecule has 2 heteroatoms. The average Bonchev–Trinajstić information content (AvgIpc) is 2.36. The van der Waals surface area contributed by atoms with Gasteiger partial charge in [0.15, 0.2) is 0 Å². The van der Waals surface area contributed by atoms with Gasteiger partial charge in [-0.2, -0.15) is 0 Å². The predicted octanol–water partition coefficient (Wildman–Crippen LogP) is 3.97. The fraction of sp³-hybridized carbons (Fsp3) is 0.250. The molecule has 1 atom stereocenters. The Morgan fingerprint density at radius 2 is 1.89 bits per heavy atom. The van der Waals surface area contributed by atoms with E-state index in [9.17, 15) is 5.11 Å². The van der Waals surface area contributed by atoms with Crippen LogP contribution in [0.1, 0.15) is 22.6 Å². The zero-order valence-electron chi connectivity index (χ0n) is 10.4. The van der Waals surface area contributed by atoms with Crippen LogP contribution in [0.3, 0.4) is 0 Å². The molecule has 18 heavy (non-hydrogen) atoms. The third-order valence-electron chi connectivity index (χ3n) is 3.11. The van der Waals surface area contributed by atoms with E-state index in [1.54, 1.807) is 0 Å². The minimum absolute atomic E-state index is 0.128. The summed E-state index contributed by atoms with van der Waals surface area (Å²) in [5.74, 6) is 0.128. The number of halogens is 1. The second-order valence-electron chi connectivity index (χ2n) is 4.63. The quantitative estimate of drug-likeness (QED) is 0.882. The van der Waals surface area contributed by atoms with Crippen LogP contribution >= 0.6 is 11.6 Å². The second-order valence-corrected chi connectivity index (χ2v) is 5.06. The third kappa shape index (κ3) is 3.34. The van der Waals surface area contributed by atoms with Crippen LogP contribution in [0.4, 0.5) is 0 Å². The maximum absolute atomic E-state index is 9.57. The molecule has 0 aromatic heterocycles. The molecule has 0 aliphatic heterocycles. The lowest BCUT2D eigenvalue weighted by atomic mass is 9.92. The lowest BCUT2D eigenvalue weighted by Gasteiger charge is -2.15. The first-order chi connectivity index (χ1) is 8.69. The predicted molar refractivity (Wildman–Crippen MR) is 76.2 cm³/mol. The molecular weight excluding hydrogens is 244 g/mol. The Bertz CT molecular complexity index is 522. The van der Waals surface area contributed by atoms with Gasteiger partial charge in [-0.15, -0.1) is 0 Å². The van der Waals surface area contributed by atoms with Crippen molar-refractivity contribution in [1.82, 2.24) is 0 Å². The van der Waals surface area contributed by atoms with Crippen LogP contribution in [0.25, 0.3) is 0 Å². The van der Waals surface area contributed by atoms with Crippen molar-refractivity contribution in [2.75, 3.05) is 6.61 Å². The van der Waals surface area contributed by atoms with Crippen molar-refractivity contribution < 1.29 is 5.11 Å². The Morgan fingerprint density at radius 3 is 2.56 bits per heavy atom. The van der Waals surface area contributed by atoms with E-state index in [1.165, 1.54) is 11.1 Å². The zero-order chi connectivity index (χ0) is 13.0. The van der Waals surface area contributed by atoms with Crippen molar-refractivity contribution in [3.05, 3.63) is 70.2 Å². The summed E-state index contributed by atoms with van der Waals surface area (Å²) < 4.78 is 0. The first-order valence-electron chi connectivity index (χ1n) is 6.11. The van der Waals surface area contributed by atoms with Gasteiger partial charge in [-0.1, -0.05) is 53.6 Å². The van der Waals surface area contributed by atoms with E-state index in [0.717, 1.165) is 17.0 Å². The van der Waals surface area contributed by atoms with Crippen LogP contribution in [0.15, 0.2) is 48.5 Å². The number of hydrogen-bond donors (Lipinski definition) is 1. The molecule has 94 valence electrons. The van der Waals surface area contributed by atoms with E-state index in [1.807, 2.05) is 30.3 Å². The smallest absolute Gasteiger partial charge is 0.0502 e. The molecule has 0 saturated carbocycles. The molecule has 1 unspecified atom stereocenters. The molecule has 0 heterocycles. The molecule has 1 nitrogen and oxygen atoms in total. The van der Waals surface area contributed by atoms with Gasteiger partial charge in [0.05, 0.1) is 6.61 Å². The van der Waals surface area contributed by atoms with Gasteiger partial charge in [0.2, 0.25) is 0 Å². The highest BCUT2D eigenvalue weighted by Crippen LogP contribution is 2.22. The Kier molecular flexibility index (Phi) is 4.40. The minimum Gasteiger partial charge on any atom is -0.396 e. The molecule has 2 aromatic rings. The summed E-state index contributed by atoms with van der Waals surface area (Å²) >= 11 is 5.98. The number of hydrogen-bond acceptors (Lipinski definition) is 1. The summed E-state index contributed by atoms with van der Waals surface area (Å²) in [6.45, 7) is 2.22. The Balaban J connectivity index is 2.19. The summed E-state index contributed by atoms with van der Waals surface area (Å²) in [7, 11) is 0. The van der Waals surface area contributed by atoms with Gasteiger partial charge in [-0.25, -0.2) is 0 Å². The molecule has 0 saturated heterocycles. The number of benzene rings is 2. The van der Waals surface area contributed by atoms with E-state index < -0.39 is 0 Å². The first-order valence-corrected chi connectivity index (χ1v) is 6.48. The molecule has 0 radical (unpaired) electrons. The molecule has 0 aliphatic carbocycles. The topological polar surface area (TPSA) is 20.2 Å². The Morgan fingerprint density at radius 1 is 1.11 bits per heavy atom. The maximum Gasteiger partial charge on any atom is 0.0502 e. The lowest BCUT2D eigenvalue weighted by molar-refractivity contribution is 0.264. The van der Waals surface area contributed by atoms with Crippen LogP contribution in [0.2, 0.25) is 5.02 Å². The second kappa shape index (κ2) is 6.03. The van der Waals surface area contributed by atoms with Gasteiger partial charge in [0, 0.05) is 10.9 Å². The van der Waals surface area contributed by atoms with Crippen molar-refractivity contribution in [3.63, 3.8) is 0 Å². The summed E-state index contributed by atoms with van der Waals surface area (Å²) in [4.78, 5) is 0. The summed E-state index contributed by atoms with van der Waals surface area (Å²) in [6, 6.07) is 16.1. The van der Waals surface area contributed by atoms with Crippen molar-refractivity contribution >= 4 is 11.6 Å². The highest BCUT2D eigenvalue weighted by Gasteiger charge is 2.11. The van der Waals surface area contributed by atoms with Gasteiger partial charge in [-0.3, -0.25) is 0 Å². The van der Waals surface area contributed by atoms with Crippen LogP contribution in [0.5, 0.6) is 0 Å². The minimum atomic E-state index is 0.128. The first kappa shape index (κ1) is 13.1. The van der Waals surface area contributed by atoms with Gasteiger partial charge < -0.3 is 5.11 Å². The third-order valence-corrected chi connectivity index (χ3v) is 3.34. The highest BCUT2D eigenvalue weighted by molar-refractivity contribution is 6.30. The Hall–Kier alpha value is -1.31. The van der Waals surface area contributed by atoms with Gasteiger partial charge in [0.1, 0.15) is 0 Å². The van der Waals surface area contributed by atoms with Gasteiger partial charge >= 0.3 is 0 Å². The van der Waals surface area contributed by atoms with Crippen molar-refractivity contribution in [2.45, 2.75) is 19.3 Å². The van der Waals surface area contributed by atoms with E-state index in [0.29, 0.717) is 0 Å². The Labute approximate surface area is 113 Å². The fourth-order valence-electron chi connectivity index (χ4n) is 2.16. The fourth-order valence-corrected chi connectivity index (χ4v) is 2.37. The van der Waals surface area contributed by atoms with E-state index >= 15 is 0 Å². The van der Waals surface area contributed by atoms with Crippen LogP contribution in [-0.2, 0) is 6.42 Å². The summed E-state index contributed by atoms with van der Waals surface area (Å²) in [5, 5.41) is 10.3. The molecule has 2 rings (SSSR count). The number of aliphatic hydroxyl groups excluding tert-OH is 1. The van der Waals surface area contributed by atoms with Crippen LogP contribution in [-0.4, -0.2) is 11.7 Å². The van der Waals surface area contributed by atoms with Crippen molar-refractivity contribution in [1.29, 1.82) is 0 Å². The molecule has 0 spiro atoms. The van der Waals surface area contributed by atoms with Crippen molar-refractivity contribution in [3.8, 4) is 0 Å². The maximum atomic E-state index is 9.57. The number of aryl methyl sites for hydroxylation is 1. The normalized spacial score (nSPS) is 12.4. The molecule has 2 aromatic carbocycles. The lowest BCUT2D eigenvalue weighted by Crippen LogP contribution is -2.08. The number of rotatable bonds is 4. The van der Waals surface area contributed by atoms with Gasteiger partial charge in [-0.05, 0) is 36.6 Å². The zero-order valence-corrected chi connectivity index (χ0v) is 11.2.